The minimum absolute atomic E-state index is 0.416. The average Bonchev–Trinajstić information content (AvgIpc) is 2.81. The predicted octanol–water partition coefficient (Wildman–Crippen LogP) is 3.38. The van der Waals surface area contributed by atoms with E-state index < -0.39 is 6.10 Å². The fourth-order valence-electron chi connectivity index (χ4n) is 3.15. The molecule has 3 atom stereocenters. The molecule has 2 rings (SSSR count). The Labute approximate surface area is 122 Å². The molecule has 0 saturated carbocycles. The number of hydrogen-bond acceptors (Lipinski definition) is 3. The molecule has 3 heteroatoms. The van der Waals surface area contributed by atoms with Gasteiger partial charge in [0.05, 0.1) is 12.7 Å². The van der Waals surface area contributed by atoms with Crippen molar-refractivity contribution in [1.82, 2.24) is 4.90 Å². The molecule has 0 aromatic heterocycles. The van der Waals surface area contributed by atoms with Crippen molar-refractivity contribution >= 4 is 0 Å². The van der Waals surface area contributed by atoms with Crippen LogP contribution < -0.4 is 4.74 Å². The van der Waals surface area contributed by atoms with Gasteiger partial charge in [0.25, 0.3) is 0 Å². The predicted molar refractivity (Wildman–Crippen MR) is 82.1 cm³/mol. The highest BCUT2D eigenvalue weighted by atomic mass is 16.5. The van der Waals surface area contributed by atoms with Crippen molar-refractivity contribution in [3.05, 3.63) is 29.8 Å². The van der Waals surface area contributed by atoms with Crippen molar-refractivity contribution in [2.45, 2.75) is 58.2 Å². The maximum atomic E-state index is 10.5. The highest BCUT2D eigenvalue weighted by Gasteiger charge is 2.30. The SMILES string of the molecule is CCOc1ccc(C(O)CN2C(C)CCC2CC)cc1. The van der Waals surface area contributed by atoms with Gasteiger partial charge in [0, 0.05) is 18.6 Å². The molecule has 1 aliphatic rings. The molecule has 20 heavy (non-hydrogen) atoms. The monoisotopic (exact) mass is 277 g/mol. The van der Waals surface area contributed by atoms with Crippen LogP contribution in [0.5, 0.6) is 5.75 Å². The van der Waals surface area contributed by atoms with Crippen molar-refractivity contribution in [2.24, 2.45) is 0 Å². The summed E-state index contributed by atoms with van der Waals surface area (Å²) in [6.07, 6.45) is 3.25. The summed E-state index contributed by atoms with van der Waals surface area (Å²) in [4.78, 5) is 2.46. The molecule has 0 aliphatic carbocycles. The molecule has 0 radical (unpaired) electrons. The molecule has 3 unspecified atom stereocenters. The summed E-state index contributed by atoms with van der Waals surface area (Å²) in [6.45, 7) is 7.88. The standard InChI is InChI=1S/C17H27NO2/c1-4-15-9-6-13(3)18(15)12-17(19)14-7-10-16(11-8-14)20-5-2/h7-8,10-11,13,15,17,19H,4-6,9,12H2,1-3H3. The van der Waals surface area contributed by atoms with Crippen molar-refractivity contribution < 1.29 is 9.84 Å². The topological polar surface area (TPSA) is 32.7 Å². The first-order valence-corrected chi connectivity index (χ1v) is 7.82. The van der Waals surface area contributed by atoms with Gasteiger partial charge >= 0.3 is 0 Å². The first kappa shape index (κ1) is 15.3. The summed E-state index contributed by atoms with van der Waals surface area (Å²) in [6, 6.07) is 9.02. The number of aliphatic hydroxyl groups excluding tert-OH is 1. The van der Waals surface area contributed by atoms with Gasteiger partial charge in [-0.1, -0.05) is 19.1 Å². The molecule has 1 aromatic carbocycles. The smallest absolute Gasteiger partial charge is 0.119 e. The van der Waals surface area contributed by atoms with Crippen LogP contribution in [0.2, 0.25) is 0 Å². The summed E-state index contributed by atoms with van der Waals surface area (Å²) >= 11 is 0. The third-order valence-corrected chi connectivity index (χ3v) is 4.38. The van der Waals surface area contributed by atoms with Gasteiger partial charge in [-0.3, -0.25) is 4.90 Å². The lowest BCUT2D eigenvalue weighted by Crippen LogP contribution is -2.37. The fraction of sp³-hybridized carbons (Fsp3) is 0.647. The lowest BCUT2D eigenvalue weighted by atomic mass is 10.1. The van der Waals surface area contributed by atoms with Crippen LogP contribution in [-0.2, 0) is 0 Å². The molecule has 1 aliphatic heterocycles. The number of aliphatic hydroxyl groups is 1. The van der Waals surface area contributed by atoms with Crippen molar-refractivity contribution in [1.29, 1.82) is 0 Å². The van der Waals surface area contributed by atoms with Crippen LogP contribution in [0.15, 0.2) is 24.3 Å². The van der Waals surface area contributed by atoms with E-state index in [0.29, 0.717) is 18.7 Å². The maximum absolute atomic E-state index is 10.5. The summed E-state index contributed by atoms with van der Waals surface area (Å²) < 4.78 is 5.43. The Kier molecular flexibility index (Phi) is 5.44. The molecule has 1 N–H and O–H groups in total. The molecule has 112 valence electrons. The lowest BCUT2D eigenvalue weighted by molar-refractivity contribution is 0.0859. The summed E-state index contributed by atoms with van der Waals surface area (Å²) in [5, 5.41) is 10.5. The number of β-amino-alcohol motifs (C(OH)–C–C–N with tert-alkyl or cyclic N) is 1. The van der Waals surface area contributed by atoms with Gasteiger partial charge in [0.15, 0.2) is 0 Å². The quantitative estimate of drug-likeness (QED) is 0.865. The van der Waals surface area contributed by atoms with E-state index in [1.807, 2.05) is 31.2 Å². The van der Waals surface area contributed by atoms with E-state index in [-0.39, 0.29) is 0 Å². The van der Waals surface area contributed by atoms with Crippen LogP contribution >= 0.6 is 0 Å². The Hall–Kier alpha value is -1.06. The maximum Gasteiger partial charge on any atom is 0.119 e. The fourth-order valence-corrected chi connectivity index (χ4v) is 3.15. The number of benzene rings is 1. The molecular weight excluding hydrogens is 250 g/mol. The number of ether oxygens (including phenoxy) is 1. The molecule has 1 heterocycles. The first-order valence-electron chi connectivity index (χ1n) is 7.82. The van der Waals surface area contributed by atoms with E-state index in [0.717, 1.165) is 17.9 Å². The van der Waals surface area contributed by atoms with Gasteiger partial charge in [-0.2, -0.15) is 0 Å². The van der Waals surface area contributed by atoms with Gasteiger partial charge in [-0.25, -0.2) is 0 Å². The largest absolute Gasteiger partial charge is 0.494 e. The van der Waals surface area contributed by atoms with Crippen LogP contribution in [0.25, 0.3) is 0 Å². The van der Waals surface area contributed by atoms with E-state index in [1.54, 1.807) is 0 Å². The van der Waals surface area contributed by atoms with Crippen LogP contribution in [0, 0.1) is 0 Å². The second-order valence-electron chi connectivity index (χ2n) is 5.70. The van der Waals surface area contributed by atoms with Gasteiger partial charge in [0.1, 0.15) is 5.75 Å². The van der Waals surface area contributed by atoms with E-state index >= 15 is 0 Å². The van der Waals surface area contributed by atoms with Gasteiger partial charge in [-0.15, -0.1) is 0 Å². The molecular formula is C17H27NO2. The van der Waals surface area contributed by atoms with E-state index in [2.05, 4.69) is 18.7 Å². The Morgan fingerprint density at radius 1 is 1.25 bits per heavy atom. The van der Waals surface area contributed by atoms with Crippen molar-refractivity contribution in [3.8, 4) is 5.75 Å². The minimum Gasteiger partial charge on any atom is -0.494 e. The third kappa shape index (κ3) is 3.53. The number of likely N-dealkylation sites (tertiary alicyclic amines) is 1. The first-order chi connectivity index (χ1) is 9.65. The van der Waals surface area contributed by atoms with E-state index in [9.17, 15) is 5.11 Å². The van der Waals surface area contributed by atoms with E-state index in [4.69, 9.17) is 4.74 Å². The molecule has 0 bridgehead atoms. The van der Waals surface area contributed by atoms with Gasteiger partial charge < -0.3 is 9.84 Å². The summed E-state index contributed by atoms with van der Waals surface area (Å²) in [7, 11) is 0. The van der Waals surface area contributed by atoms with Gasteiger partial charge in [-0.05, 0) is 50.8 Å². The average molecular weight is 277 g/mol. The van der Waals surface area contributed by atoms with Crippen LogP contribution in [0.4, 0.5) is 0 Å². The Morgan fingerprint density at radius 3 is 2.55 bits per heavy atom. The normalized spacial score (nSPS) is 24.8. The van der Waals surface area contributed by atoms with Crippen LogP contribution in [0.3, 0.4) is 0 Å². The zero-order valence-corrected chi connectivity index (χ0v) is 12.9. The zero-order chi connectivity index (χ0) is 14.5. The lowest BCUT2D eigenvalue weighted by Gasteiger charge is -2.30. The second kappa shape index (κ2) is 7.09. The van der Waals surface area contributed by atoms with Crippen LogP contribution in [0.1, 0.15) is 51.7 Å². The zero-order valence-electron chi connectivity index (χ0n) is 12.9. The summed E-state index contributed by atoms with van der Waals surface area (Å²) in [5.74, 6) is 0.865. The molecule has 1 aromatic rings. The molecule has 1 fully saturated rings. The van der Waals surface area contributed by atoms with E-state index in [1.165, 1.54) is 19.3 Å². The Balaban J connectivity index is 1.98. The molecule has 1 saturated heterocycles. The highest BCUT2D eigenvalue weighted by molar-refractivity contribution is 5.28. The van der Waals surface area contributed by atoms with Crippen molar-refractivity contribution in [3.63, 3.8) is 0 Å². The second-order valence-corrected chi connectivity index (χ2v) is 5.70. The highest BCUT2D eigenvalue weighted by Crippen LogP contribution is 2.29. The molecule has 0 amide bonds. The Morgan fingerprint density at radius 2 is 1.95 bits per heavy atom. The van der Waals surface area contributed by atoms with Crippen LogP contribution in [-0.4, -0.2) is 35.2 Å². The molecule has 0 spiro atoms. The van der Waals surface area contributed by atoms with Gasteiger partial charge in [0.2, 0.25) is 0 Å². The Bertz CT molecular complexity index is 404. The minimum atomic E-state index is -0.416. The molecule has 3 nitrogen and oxygen atoms in total. The number of rotatable bonds is 6. The van der Waals surface area contributed by atoms with Crippen molar-refractivity contribution in [2.75, 3.05) is 13.2 Å². The number of hydrogen-bond donors (Lipinski definition) is 1. The third-order valence-electron chi connectivity index (χ3n) is 4.38. The summed E-state index contributed by atoms with van der Waals surface area (Å²) in [5.41, 5.74) is 0.974. The number of nitrogens with zero attached hydrogens (tertiary/aromatic N) is 1.